The fraction of sp³-hybridized carbons (Fsp3) is 0.100. The van der Waals surface area contributed by atoms with E-state index < -0.39 is 5.97 Å². The number of thiazole rings is 1. The standard InChI is InChI=1S/C20H15N3O3S/c1-12-3-7-14(8-4-12)17-21-20-23(22-17)18(24)16(27-20)11-13-5-9-15(10-6-13)19(25)26-2/h3-11H,1-2H3/b16-11+. The third-order valence-electron chi connectivity index (χ3n) is 4.12. The van der Waals surface area contributed by atoms with Crippen molar-refractivity contribution in [3.8, 4) is 11.4 Å². The smallest absolute Gasteiger partial charge is 0.337 e. The Kier molecular flexibility index (Phi) is 4.29. The van der Waals surface area contributed by atoms with Crippen LogP contribution < -0.4 is 10.1 Å². The van der Waals surface area contributed by atoms with Crippen LogP contribution in [0.25, 0.3) is 22.4 Å². The predicted octanol–water partition coefficient (Wildman–Crippen LogP) is 2.46. The summed E-state index contributed by atoms with van der Waals surface area (Å²) >= 11 is 1.28. The number of carbonyl (C=O) groups excluding carboxylic acids is 1. The maximum atomic E-state index is 12.6. The topological polar surface area (TPSA) is 73.6 Å². The van der Waals surface area contributed by atoms with Gasteiger partial charge in [-0.3, -0.25) is 4.79 Å². The van der Waals surface area contributed by atoms with E-state index in [9.17, 15) is 9.59 Å². The van der Waals surface area contributed by atoms with E-state index in [4.69, 9.17) is 0 Å². The van der Waals surface area contributed by atoms with Crippen molar-refractivity contribution in [2.45, 2.75) is 6.92 Å². The number of hydrogen-bond donors (Lipinski definition) is 0. The first-order valence-corrected chi connectivity index (χ1v) is 9.03. The Balaban J connectivity index is 1.71. The zero-order chi connectivity index (χ0) is 19.0. The highest BCUT2D eigenvalue weighted by Crippen LogP contribution is 2.17. The lowest BCUT2D eigenvalue weighted by Gasteiger charge is -1.98. The highest BCUT2D eigenvalue weighted by molar-refractivity contribution is 7.15. The molecule has 0 aliphatic carbocycles. The lowest BCUT2D eigenvalue weighted by atomic mass is 10.1. The van der Waals surface area contributed by atoms with Crippen molar-refractivity contribution in [2.24, 2.45) is 0 Å². The van der Waals surface area contributed by atoms with Crippen molar-refractivity contribution >= 4 is 28.3 Å². The predicted molar refractivity (Wildman–Crippen MR) is 104 cm³/mol. The Morgan fingerprint density at radius 3 is 2.44 bits per heavy atom. The summed E-state index contributed by atoms with van der Waals surface area (Å²) in [6, 6.07) is 14.7. The molecule has 0 aliphatic rings. The number of benzene rings is 2. The van der Waals surface area contributed by atoms with Crippen molar-refractivity contribution in [1.29, 1.82) is 0 Å². The van der Waals surface area contributed by atoms with Gasteiger partial charge in [0.25, 0.3) is 5.56 Å². The largest absolute Gasteiger partial charge is 0.465 e. The van der Waals surface area contributed by atoms with E-state index in [2.05, 4.69) is 14.8 Å². The maximum Gasteiger partial charge on any atom is 0.337 e. The van der Waals surface area contributed by atoms with Crippen LogP contribution in [0.3, 0.4) is 0 Å². The molecule has 0 saturated heterocycles. The molecule has 0 saturated carbocycles. The summed E-state index contributed by atoms with van der Waals surface area (Å²) in [5.74, 6) is 0.140. The quantitative estimate of drug-likeness (QED) is 0.513. The SMILES string of the molecule is COC(=O)c1ccc(/C=c2/sc3nc(-c4ccc(C)cc4)nn3c2=O)cc1. The van der Waals surface area contributed by atoms with Gasteiger partial charge < -0.3 is 4.74 Å². The number of esters is 1. The van der Waals surface area contributed by atoms with E-state index in [1.54, 1.807) is 30.3 Å². The zero-order valence-electron chi connectivity index (χ0n) is 14.7. The van der Waals surface area contributed by atoms with Gasteiger partial charge in [0, 0.05) is 5.56 Å². The second-order valence-electron chi connectivity index (χ2n) is 6.03. The molecule has 4 aromatic rings. The molecule has 4 rings (SSSR count). The van der Waals surface area contributed by atoms with Gasteiger partial charge in [0.05, 0.1) is 17.2 Å². The highest BCUT2D eigenvalue weighted by atomic mass is 32.1. The van der Waals surface area contributed by atoms with Gasteiger partial charge in [-0.2, -0.15) is 9.50 Å². The maximum absolute atomic E-state index is 12.6. The number of ether oxygens (including phenoxy) is 1. The highest BCUT2D eigenvalue weighted by Gasteiger charge is 2.12. The van der Waals surface area contributed by atoms with E-state index in [1.807, 2.05) is 31.2 Å². The van der Waals surface area contributed by atoms with Crippen molar-refractivity contribution < 1.29 is 9.53 Å². The molecule has 0 aliphatic heterocycles. The van der Waals surface area contributed by atoms with E-state index in [0.717, 1.165) is 16.7 Å². The Morgan fingerprint density at radius 2 is 1.81 bits per heavy atom. The van der Waals surface area contributed by atoms with E-state index in [-0.39, 0.29) is 5.56 Å². The summed E-state index contributed by atoms with van der Waals surface area (Å²) in [6.45, 7) is 2.01. The van der Waals surface area contributed by atoms with Gasteiger partial charge >= 0.3 is 5.97 Å². The first-order chi connectivity index (χ1) is 13.0. The van der Waals surface area contributed by atoms with Gasteiger partial charge in [-0.15, -0.1) is 5.10 Å². The fourth-order valence-electron chi connectivity index (χ4n) is 2.64. The third kappa shape index (κ3) is 3.24. The number of nitrogens with zero attached hydrogens (tertiary/aromatic N) is 3. The average Bonchev–Trinajstić information content (AvgIpc) is 3.22. The Morgan fingerprint density at radius 1 is 1.11 bits per heavy atom. The number of aryl methyl sites for hydroxylation is 1. The summed E-state index contributed by atoms with van der Waals surface area (Å²) in [4.78, 5) is 29.1. The molecule has 6 nitrogen and oxygen atoms in total. The molecule has 27 heavy (non-hydrogen) atoms. The first-order valence-electron chi connectivity index (χ1n) is 8.22. The molecule has 2 aromatic heterocycles. The number of methoxy groups -OCH3 is 1. The second-order valence-corrected chi connectivity index (χ2v) is 7.03. The van der Waals surface area contributed by atoms with Crippen LogP contribution in [-0.2, 0) is 4.74 Å². The van der Waals surface area contributed by atoms with Gasteiger partial charge in [-0.1, -0.05) is 53.3 Å². The van der Waals surface area contributed by atoms with Crippen LogP contribution in [0.1, 0.15) is 21.5 Å². The van der Waals surface area contributed by atoms with Crippen molar-refractivity contribution in [1.82, 2.24) is 14.6 Å². The van der Waals surface area contributed by atoms with Crippen LogP contribution in [0.2, 0.25) is 0 Å². The molecule has 2 aromatic carbocycles. The molecular weight excluding hydrogens is 362 g/mol. The first kappa shape index (κ1) is 17.1. The summed E-state index contributed by atoms with van der Waals surface area (Å²) in [5.41, 5.74) is 3.09. The van der Waals surface area contributed by atoms with Crippen LogP contribution in [0, 0.1) is 6.92 Å². The van der Waals surface area contributed by atoms with Crippen LogP contribution in [-0.4, -0.2) is 27.7 Å². The number of rotatable bonds is 3. The molecule has 0 amide bonds. The summed E-state index contributed by atoms with van der Waals surface area (Å²) < 4.78 is 6.54. The van der Waals surface area contributed by atoms with Crippen LogP contribution >= 0.6 is 11.3 Å². The third-order valence-corrected chi connectivity index (χ3v) is 5.08. The second kappa shape index (κ2) is 6.77. The molecule has 0 radical (unpaired) electrons. The normalized spacial score (nSPS) is 11.9. The Bertz CT molecular complexity index is 1240. The van der Waals surface area contributed by atoms with Crippen molar-refractivity contribution in [2.75, 3.05) is 7.11 Å². The number of hydrogen-bond acceptors (Lipinski definition) is 6. The van der Waals surface area contributed by atoms with E-state index >= 15 is 0 Å². The van der Waals surface area contributed by atoms with Crippen LogP contribution in [0.5, 0.6) is 0 Å². The van der Waals surface area contributed by atoms with Gasteiger partial charge in [0.2, 0.25) is 4.96 Å². The summed E-state index contributed by atoms with van der Waals surface area (Å²) in [7, 11) is 1.34. The van der Waals surface area contributed by atoms with Gasteiger partial charge in [-0.05, 0) is 30.7 Å². The number of fused-ring (bicyclic) bond motifs is 1. The monoisotopic (exact) mass is 377 g/mol. The van der Waals surface area contributed by atoms with Crippen LogP contribution in [0.15, 0.2) is 53.3 Å². The summed E-state index contributed by atoms with van der Waals surface area (Å²) in [6.07, 6.45) is 1.76. The zero-order valence-corrected chi connectivity index (χ0v) is 15.5. The molecular formula is C20H15N3O3S. The fourth-order valence-corrected chi connectivity index (χ4v) is 3.55. The summed E-state index contributed by atoms with van der Waals surface area (Å²) in [5, 5.41) is 4.35. The minimum Gasteiger partial charge on any atom is -0.465 e. The molecule has 7 heteroatoms. The lowest BCUT2D eigenvalue weighted by Crippen LogP contribution is -2.23. The lowest BCUT2D eigenvalue weighted by molar-refractivity contribution is 0.0600. The molecule has 0 fully saturated rings. The van der Waals surface area contributed by atoms with Crippen molar-refractivity contribution in [3.63, 3.8) is 0 Å². The molecule has 0 bridgehead atoms. The Hall–Kier alpha value is -3.32. The van der Waals surface area contributed by atoms with Crippen molar-refractivity contribution in [3.05, 3.63) is 80.1 Å². The van der Waals surface area contributed by atoms with Crippen LogP contribution in [0.4, 0.5) is 0 Å². The van der Waals surface area contributed by atoms with E-state index in [1.165, 1.54) is 23.0 Å². The average molecular weight is 377 g/mol. The molecule has 2 heterocycles. The molecule has 134 valence electrons. The minimum atomic E-state index is -0.395. The van der Waals surface area contributed by atoms with E-state index in [0.29, 0.717) is 20.9 Å². The van der Waals surface area contributed by atoms with Gasteiger partial charge in [-0.25, -0.2) is 4.79 Å². The molecule has 0 unspecified atom stereocenters. The molecule has 0 atom stereocenters. The number of carbonyl (C=O) groups is 1. The molecule has 0 N–H and O–H groups in total. The minimum absolute atomic E-state index is 0.210. The van der Waals surface area contributed by atoms with Gasteiger partial charge in [0.15, 0.2) is 5.82 Å². The Labute approximate surface area is 158 Å². The van der Waals surface area contributed by atoms with Gasteiger partial charge in [0.1, 0.15) is 0 Å². The number of aromatic nitrogens is 3. The molecule has 0 spiro atoms.